The lowest BCUT2D eigenvalue weighted by molar-refractivity contribution is -0.153. The van der Waals surface area contributed by atoms with Gasteiger partial charge in [-0.05, 0) is 23.8 Å². The molecule has 3 rings (SSSR count). The summed E-state index contributed by atoms with van der Waals surface area (Å²) in [6.45, 7) is 0. The second-order valence-electron chi connectivity index (χ2n) is 5.07. The number of benzene rings is 1. The lowest BCUT2D eigenvalue weighted by Crippen LogP contribution is -2.38. The second-order valence-corrected chi connectivity index (χ2v) is 7.22. The number of rotatable bonds is 4. The number of fused-ring (bicyclic) bond motifs is 1. The molecule has 0 amide bonds. The highest BCUT2D eigenvalue weighted by Crippen LogP contribution is 2.34. The standard InChI is InChI=1S/C14H10ClF3N4O2S/c15-10-3-1-9(2-4-10)13(14(16,17)18)21-25(23,24)11-5-6-22-12(7-11)19-8-20-22/h1-8,13,21H/t13-/m1/s1. The number of alkyl halides is 3. The van der Waals surface area contributed by atoms with Gasteiger partial charge >= 0.3 is 6.18 Å². The lowest BCUT2D eigenvalue weighted by Gasteiger charge is -2.22. The zero-order valence-electron chi connectivity index (χ0n) is 12.3. The molecule has 0 spiro atoms. The fraction of sp³-hybridized carbons (Fsp3) is 0.143. The van der Waals surface area contributed by atoms with Gasteiger partial charge in [0.25, 0.3) is 0 Å². The molecule has 3 aromatic rings. The molecule has 0 radical (unpaired) electrons. The SMILES string of the molecule is O=S(=O)(N[C@H](c1ccc(Cl)cc1)C(F)(F)F)c1ccn2ncnc2c1. The minimum atomic E-state index is -4.83. The molecule has 1 atom stereocenters. The average molecular weight is 391 g/mol. The number of aromatic nitrogens is 3. The van der Waals surface area contributed by atoms with Crippen molar-refractivity contribution < 1.29 is 21.6 Å². The Kier molecular flexibility index (Phi) is 4.43. The lowest BCUT2D eigenvalue weighted by atomic mass is 10.1. The van der Waals surface area contributed by atoms with Crippen molar-refractivity contribution in [2.24, 2.45) is 0 Å². The van der Waals surface area contributed by atoms with Gasteiger partial charge in [-0.1, -0.05) is 23.7 Å². The molecule has 0 aliphatic carbocycles. The van der Waals surface area contributed by atoms with Crippen LogP contribution in [0.25, 0.3) is 5.65 Å². The number of hydrogen-bond acceptors (Lipinski definition) is 4. The van der Waals surface area contributed by atoms with Crippen molar-refractivity contribution in [3.63, 3.8) is 0 Å². The molecule has 1 N–H and O–H groups in total. The van der Waals surface area contributed by atoms with E-state index in [1.54, 1.807) is 4.72 Å². The van der Waals surface area contributed by atoms with Crippen molar-refractivity contribution in [2.45, 2.75) is 17.1 Å². The van der Waals surface area contributed by atoms with E-state index < -0.39 is 22.2 Å². The average Bonchev–Trinajstić information content (AvgIpc) is 3.00. The zero-order chi connectivity index (χ0) is 18.2. The van der Waals surface area contributed by atoms with Crippen LogP contribution in [0.1, 0.15) is 11.6 Å². The Hall–Kier alpha value is -2.17. The number of halogens is 4. The summed E-state index contributed by atoms with van der Waals surface area (Å²) in [4.78, 5) is 3.46. The fourth-order valence-electron chi connectivity index (χ4n) is 2.17. The maximum absolute atomic E-state index is 13.4. The van der Waals surface area contributed by atoms with Crippen LogP contribution in [0.2, 0.25) is 5.02 Å². The van der Waals surface area contributed by atoms with Crippen LogP contribution < -0.4 is 4.72 Å². The molecular weight excluding hydrogens is 381 g/mol. The molecule has 0 saturated carbocycles. The van der Waals surface area contributed by atoms with E-state index in [-0.39, 0.29) is 21.1 Å². The summed E-state index contributed by atoms with van der Waals surface area (Å²) in [5, 5.41) is 4.04. The van der Waals surface area contributed by atoms with Gasteiger partial charge < -0.3 is 0 Å². The molecule has 1 aromatic carbocycles. The highest BCUT2D eigenvalue weighted by Gasteiger charge is 2.43. The Morgan fingerprint density at radius 3 is 2.48 bits per heavy atom. The molecule has 132 valence electrons. The number of nitrogens with zero attached hydrogens (tertiary/aromatic N) is 3. The first-order valence-electron chi connectivity index (χ1n) is 6.81. The third-order valence-electron chi connectivity index (χ3n) is 3.37. The van der Waals surface area contributed by atoms with Gasteiger partial charge in [0.05, 0.1) is 4.90 Å². The molecule has 6 nitrogen and oxygen atoms in total. The maximum atomic E-state index is 13.4. The molecule has 2 heterocycles. The predicted octanol–water partition coefficient (Wildman–Crippen LogP) is 2.96. The van der Waals surface area contributed by atoms with E-state index in [9.17, 15) is 21.6 Å². The fourth-order valence-corrected chi connectivity index (χ4v) is 3.51. The molecule has 0 saturated heterocycles. The first-order valence-corrected chi connectivity index (χ1v) is 8.67. The van der Waals surface area contributed by atoms with Crippen molar-refractivity contribution in [1.29, 1.82) is 0 Å². The first kappa shape index (κ1) is 17.6. The van der Waals surface area contributed by atoms with E-state index in [1.165, 1.54) is 29.2 Å². The van der Waals surface area contributed by atoms with Gasteiger partial charge in [-0.15, -0.1) is 0 Å². The topological polar surface area (TPSA) is 76.4 Å². The van der Waals surface area contributed by atoms with E-state index in [0.29, 0.717) is 0 Å². The van der Waals surface area contributed by atoms with Crippen LogP contribution in [0, 0.1) is 0 Å². The van der Waals surface area contributed by atoms with Crippen LogP contribution in [-0.2, 0) is 10.0 Å². The van der Waals surface area contributed by atoms with Crippen LogP contribution in [0.3, 0.4) is 0 Å². The Labute approximate surface area is 145 Å². The van der Waals surface area contributed by atoms with Crippen LogP contribution in [0.5, 0.6) is 0 Å². The minimum absolute atomic E-state index is 0.193. The largest absolute Gasteiger partial charge is 0.408 e. The van der Waals surface area contributed by atoms with Gasteiger partial charge in [0.1, 0.15) is 12.4 Å². The molecule has 2 aromatic heterocycles. The smallest absolute Gasteiger partial charge is 0.221 e. The molecule has 0 unspecified atom stereocenters. The van der Waals surface area contributed by atoms with Gasteiger partial charge in [-0.2, -0.15) is 23.0 Å². The Morgan fingerprint density at radius 1 is 1.16 bits per heavy atom. The molecular formula is C14H10ClF3N4O2S. The van der Waals surface area contributed by atoms with Crippen molar-refractivity contribution >= 4 is 27.3 Å². The molecule has 0 aliphatic heterocycles. The van der Waals surface area contributed by atoms with Gasteiger partial charge in [-0.25, -0.2) is 17.9 Å². The van der Waals surface area contributed by atoms with Gasteiger partial charge in [0.15, 0.2) is 5.65 Å². The van der Waals surface area contributed by atoms with Gasteiger partial charge in [0.2, 0.25) is 10.0 Å². The summed E-state index contributed by atoms with van der Waals surface area (Å²) in [5.41, 5.74) is -0.0815. The Bertz CT molecular complexity index is 1000. The van der Waals surface area contributed by atoms with E-state index in [0.717, 1.165) is 24.3 Å². The van der Waals surface area contributed by atoms with Crippen LogP contribution in [0.4, 0.5) is 13.2 Å². The summed E-state index contributed by atoms with van der Waals surface area (Å²) < 4.78 is 67.9. The van der Waals surface area contributed by atoms with E-state index >= 15 is 0 Å². The third-order valence-corrected chi connectivity index (χ3v) is 5.04. The summed E-state index contributed by atoms with van der Waals surface area (Å²) in [6, 6.07) is 4.60. The zero-order valence-corrected chi connectivity index (χ0v) is 13.8. The Morgan fingerprint density at radius 2 is 1.84 bits per heavy atom. The van der Waals surface area contributed by atoms with E-state index in [2.05, 4.69) is 10.1 Å². The second kappa shape index (κ2) is 6.28. The number of sulfonamides is 1. The monoisotopic (exact) mass is 390 g/mol. The number of nitrogens with one attached hydrogen (secondary N) is 1. The summed E-state index contributed by atoms with van der Waals surface area (Å²) in [5.74, 6) is 0. The highest BCUT2D eigenvalue weighted by molar-refractivity contribution is 7.89. The highest BCUT2D eigenvalue weighted by atomic mass is 35.5. The van der Waals surface area contributed by atoms with Crippen LogP contribution in [0.15, 0.2) is 53.8 Å². The molecule has 25 heavy (non-hydrogen) atoms. The minimum Gasteiger partial charge on any atom is -0.221 e. The maximum Gasteiger partial charge on any atom is 0.408 e. The number of hydrogen-bond donors (Lipinski definition) is 1. The predicted molar refractivity (Wildman–Crippen MR) is 83.6 cm³/mol. The summed E-state index contributed by atoms with van der Waals surface area (Å²) >= 11 is 5.67. The summed E-state index contributed by atoms with van der Waals surface area (Å²) in [7, 11) is -4.45. The quantitative estimate of drug-likeness (QED) is 0.743. The van der Waals surface area contributed by atoms with Crippen LogP contribution >= 0.6 is 11.6 Å². The first-order chi connectivity index (χ1) is 11.7. The normalized spacial score (nSPS) is 13.9. The molecule has 0 aliphatic rings. The van der Waals surface area contributed by atoms with Crippen molar-refractivity contribution in [3.8, 4) is 0 Å². The van der Waals surface area contributed by atoms with Crippen LogP contribution in [-0.4, -0.2) is 29.2 Å². The van der Waals surface area contributed by atoms with Crippen molar-refractivity contribution in [3.05, 3.63) is 59.5 Å². The van der Waals surface area contributed by atoms with E-state index in [4.69, 9.17) is 11.6 Å². The van der Waals surface area contributed by atoms with Gasteiger partial charge in [0, 0.05) is 17.3 Å². The van der Waals surface area contributed by atoms with Crippen molar-refractivity contribution in [2.75, 3.05) is 0 Å². The summed E-state index contributed by atoms with van der Waals surface area (Å²) in [6.07, 6.45) is -2.34. The molecule has 11 heteroatoms. The number of pyridine rings is 1. The third kappa shape index (κ3) is 3.75. The molecule has 0 bridgehead atoms. The Balaban J connectivity index is 1.98. The van der Waals surface area contributed by atoms with Gasteiger partial charge in [-0.3, -0.25) is 0 Å². The van der Waals surface area contributed by atoms with Crippen molar-refractivity contribution in [1.82, 2.24) is 19.3 Å². The molecule has 0 fully saturated rings. The van der Waals surface area contributed by atoms with E-state index in [1.807, 2.05) is 0 Å².